The lowest BCUT2D eigenvalue weighted by Gasteiger charge is -2.19. The van der Waals surface area contributed by atoms with Crippen LogP contribution in [0.25, 0.3) is 0 Å². The molecule has 0 bridgehead atoms. The molecule has 1 rings (SSSR count). The van der Waals surface area contributed by atoms with E-state index in [-0.39, 0.29) is 6.61 Å². The molecule has 2 amide bonds. The minimum atomic E-state index is -1.23. The Morgan fingerprint density at radius 3 is 2.33 bits per heavy atom. The second kappa shape index (κ2) is 10.2. The van der Waals surface area contributed by atoms with E-state index in [9.17, 15) is 19.5 Å². The zero-order valence-electron chi connectivity index (χ0n) is 13.7. The summed E-state index contributed by atoms with van der Waals surface area (Å²) in [4.78, 5) is 35.2. The number of carbonyl (C=O) groups excluding carboxylic acids is 3. The molecule has 0 unspecified atom stereocenters. The Labute approximate surface area is 140 Å². The second-order valence-corrected chi connectivity index (χ2v) is 4.93. The topological polar surface area (TPSA) is 114 Å². The fourth-order valence-electron chi connectivity index (χ4n) is 1.84. The van der Waals surface area contributed by atoms with Gasteiger partial charge in [0.1, 0.15) is 18.7 Å². The van der Waals surface area contributed by atoms with Crippen LogP contribution < -0.4 is 10.6 Å². The summed E-state index contributed by atoms with van der Waals surface area (Å²) in [5.74, 6) is -1.30. The molecule has 0 fully saturated rings. The van der Waals surface area contributed by atoms with Gasteiger partial charge in [0.25, 0.3) is 0 Å². The highest BCUT2D eigenvalue weighted by molar-refractivity contribution is 5.89. The largest absolute Gasteiger partial charge is 0.467 e. The maximum Gasteiger partial charge on any atom is 0.408 e. The van der Waals surface area contributed by atoms with Gasteiger partial charge in [-0.05, 0) is 12.0 Å². The molecule has 24 heavy (non-hydrogen) atoms. The lowest BCUT2D eigenvalue weighted by atomic mass is 10.2. The van der Waals surface area contributed by atoms with E-state index in [1.165, 1.54) is 7.11 Å². The third kappa shape index (κ3) is 6.25. The summed E-state index contributed by atoms with van der Waals surface area (Å²) < 4.78 is 9.54. The van der Waals surface area contributed by atoms with Crippen LogP contribution in [0.2, 0.25) is 0 Å². The van der Waals surface area contributed by atoms with Gasteiger partial charge in [0.15, 0.2) is 0 Å². The molecule has 0 aliphatic rings. The number of aliphatic hydroxyl groups is 1. The summed E-state index contributed by atoms with van der Waals surface area (Å²) in [5, 5.41) is 13.9. The van der Waals surface area contributed by atoms with E-state index in [0.717, 1.165) is 5.56 Å². The quantitative estimate of drug-likeness (QED) is 0.589. The van der Waals surface area contributed by atoms with Crippen molar-refractivity contribution >= 4 is 18.0 Å². The van der Waals surface area contributed by atoms with Crippen molar-refractivity contribution in [2.75, 3.05) is 13.7 Å². The number of hydrogen-bond donors (Lipinski definition) is 3. The van der Waals surface area contributed by atoms with Crippen molar-refractivity contribution in [2.24, 2.45) is 0 Å². The highest BCUT2D eigenvalue weighted by Gasteiger charge is 2.26. The Hall–Kier alpha value is -2.61. The highest BCUT2D eigenvalue weighted by Crippen LogP contribution is 2.01. The fourth-order valence-corrected chi connectivity index (χ4v) is 1.84. The molecule has 0 spiro atoms. The molecule has 2 atom stereocenters. The van der Waals surface area contributed by atoms with Gasteiger partial charge in [-0.2, -0.15) is 0 Å². The van der Waals surface area contributed by atoms with Gasteiger partial charge < -0.3 is 25.2 Å². The zero-order chi connectivity index (χ0) is 17.9. The van der Waals surface area contributed by atoms with E-state index < -0.39 is 36.7 Å². The Morgan fingerprint density at radius 1 is 1.12 bits per heavy atom. The lowest BCUT2D eigenvalue weighted by molar-refractivity contribution is -0.145. The van der Waals surface area contributed by atoms with E-state index >= 15 is 0 Å². The van der Waals surface area contributed by atoms with Crippen LogP contribution in [0.4, 0.5) is 4.79 Å². The minimum Gasteiger partial charge on any atom is -0.467 e. The van der Waals surface area contributed by atoms with E-state index in [0.29, 0.717) is 6.42 Å². The normalized spacial score (nSPS) is 12.6. The first kappa shape index (κ1) is 19.4. The summed E-state index contributed by atoms with van der Waals surface area (Å²) in [6.07, 6.45) is -0.533. The smallest absolute Gasteiger partial charge is 0.408 e. The first-order chi connectivity index (χ1) is 11.5. The molecule has 1 aromatic rings. The molecule has 8 nitrogen and oxygen atoms in total. The van der Waals surface area contributed by atoms with Crippen molar-refractivity contribution in [1.29, 1.82) is 0 Å². The number of rotatable bonds is 8. The second-order valence-electron chi connectivity index (χ2n) is 4.93. The number of ether oxygens (including phenoxy) is 2. The number of amides is 2. The molecule has 1 aromatic carbocycles. The van der Waals surface area contributed by atoms with Crippen molar-refractivity contribution in [3.05, 3.63) is 35.9 Å². The van der Waals surface area contributed by atoms with Crippen LogP contribution >= 0.6 is 0 Å². The molecule has 132 valence electrons. The van der Waals surface area contributed by atoms with Crippen molar-refractivity contribution in [3.8, 4) is 0 Å². The molecule has 0 aromatic heterocycles. The first-order valence-electron chi connectivity index (χ1n) is 7.48. The molecule has 3 N–H and O–H groups in total. The maximum atomic E-state index is 12.0. The van der Waals surface area contributed by atoms with Crippen LogP contribution in [-0.4, -0.2) is 48.9 Å². The molecule has 0 saturated heterocycles. The van der Waals surface area contributed by atoms with E-state index in [1.54, 1.807) is 31.2 Å². The van der Waals surface area contributed by atoms with Gasteiger partial charge in [0, 0.05) is 0 Å². The van der Waals surface area contributed by atoms with Crippen molar-refractivity contribution in [2.45, 2.75) is 32.0 Å². The summed E-state index contributed by atoms with van der Waals surface area (Å²) in [6, 6.07) is 6.93. The van der Waals surface area contributed by atoms with Gasteiger partial charge in [0.05, 0.1) is 13.7 Å². The third-order valence-electron chi connectivity index (χ3n) is 3.21. The van der Waals surface area contributed by atoms with Crippen molar-refractivity contribution < 1.29 is 29.0 Å². The maximum absolute atomic E-state index is 12.0. The van der Waals surface area contributed by atoms with Crippen molar-refractivity contribution in [1.82, 2.24) is 10.6 Å². The van der Waals surface area contributed by atoms with Crippen LogP contribution in [0.1, 0.15) is 18.9 Å². The monoisotopic (exact) mass is 338 g/mol. The van der Waals surface area contributed by atoms with Gasteiger partial charge in [0.2, 0.25) is 5.91 Å². The van der Waals surface area contributed by atoms with Gasteiger partial charge in [-0.1, -0.05) is 37.3 Å². The molecule has 0 aliphatic heterocycles. The number of aliphatic hydroxyl groups excluding tert-OH is 1. The van der Waals surface area contributed by atoms with Gasteiger partial charge >= 0.3 is 12.1 Å². The van der Waals surface area contributed by atoms with E-state index in [4.69, 9.17) is 4.74 Å². The Kier molecular flexibility index (Phi) is 8.28. The van der Waals surface area contributed by atoms with E-state index in [1.807, 2.05) is 6.07 Å². The molecule has 0 heterocycles. The number of carbonyl (C=O) groups is 3. The van der Waals surface area contributed by atoms with E-state index in [2.05, 4.69) is 15.4 Å². The number of esters is 1. The van der Waals surface area contributed by atoms with Crippen LogP contribution in [0.15, 0.2) is 30.3 Å². The Balaban J connectivity index is 2.51. The number of benzene rings is 1. The number of nitrogens with one attached hydrogen (secondary N) is 2. The third-order valence-corrected chi connectivity index (χ3v) is 3.21. The average Bonchev–Trinajstić information content (AvgIpc) is 2.62. The molecule has 8 heteroatoms. The summed E-state index contributed by atoms with van der Waals surface area (Å²) >= 11 is 0. The number of methoxy groups -OCH3 is 1. The minimum absolute atomic E-state index is 0.0339. The number of alkyl carbamates (subject to hydrolysis) is 1. The summed E-state index contributed by atoms with van der Waals surface area (Å²) in [7, 11) is 1.21. The fraction of sp³-hybridized carbons (Fsp3) is 0.438. The Morgan fingerprint density at radius 2 is 1.79 bits per heavy atom. The van der Waals surface area contributed by atoms with Crippen LogP contribution in [-0.2, 0) is 25.7 Å². The molecule has 0 aliphatic carbocycles. The summed E-state index contributed by atoms with van der Waals surface area (Å²) in [6.45, 7) is 1.09. The average molecular weight is 338 g/mol. The van der Waals surface area contributed by atoms with Crippen LogP contribution in [0.3, 0.4) is 0 Å². The summed E-state index contributed by atoms with van der Waals surface area (Å²) in [5.41, 5.74) is 0.786. The molecule has 0 saturated carbocycles. The number of hydrogen-bond acceptors (Lipinski definition) is 6. The van der Waals surface area contributed by atoms with Crippen LogP contribution in [0, 0.1) is 0 Å². The predicted octanol–water partition coefficient (Wildman–Crippen LogP) is 0.341. The Bertz CT molecular complexity index is 549. The van der Waals surface area contributed by atoms with Gasteiger partial charge in [-0.15, -0.1) is 0 Å². The molecule has 0 radical (unpaired) electrons. The molecular formula is C16H22N2O6. The van der Waals surface area contributed by atoms with Crippen LogP contribution in [0.5, 0.6) is 0 Å². The lowest BCUT2D eigenvalue weighted by Crippen LogP contribution is -2.53. The highest BCUT2D eigenvalue weighted by atomic mass is 16.5. The SMILES string of the molecule is CC[C@H](NC(=O)[C@H](CO)NC(=O)OCc1ccccc1)C(=O)OC. The first-order valence-corrected chi connectivity index (χ1v) is 7.48. The zero-order valence-corrected chi connectivity index (χ0v) is 13.7. The standard InChI is InChI=1S/C16H22N2O6/c1-3-12(15(21)23-2)17-14(20)13(9-19)18-16(22)24-10-11-7-5-4-6-8-11/h4-8,12-13,19H,3,9-10H2,1-2H3,(H,17,20)(H,18,22)/t12-,13-/m0/s1. The van der Waals surface area contributed by atoms with Crippen molar-refractivity contribution in [3.63, 3.8) is 0 Å². The predicted molar refractivity (Wildman–Crippen MR) is 84.9 cm³/mol. The molecular weight excluding hydrogens is 316 g/mol. The van der Waals surface area contributed by atoms with Gasteiger partial charge in [-0.3, -0.25) is 4.79 Å². The van der Waals surface area contributed by atoms with Gasteiger partial charge in [-0.25, -0.2) is 9.59 Å².